The van der Waals surface area contributed by atoms with E-state index in [9.17, 15) is 14.4 Å². The summed E-state index contributed by atoms with van der Waals surface area (Å²) < 4.78 is 11.8. The maximum atomic E-state index is 11.8. The van der Waals surface area contributed by atoms with Crippen LogP contribution in [0, 0.1) is 5.21 Å². The monoisotopic (exact) mass is 209 g/mol. The Labute approximate surface area is 81.2 Å². The fourth-order valence-electron chi connectivity index (χ4n) is 1.11. The first-order chi connectivity index (χ1) is 6.49. The number of nitrogens with two attached hydrogens (primary N) is 2. The molecule has 0 saturated carbocycles. The fraction of sp³-hybridized carbons (Fsp3) is 0.857. The number of hydrogen-bond donors (Lipinski definition) is 4. The van der Waals surface area contributed by atoms with E-state index in [0.29, 0.717) is 0 Å². The van der Waals surface area contributed by atoms with Crippen molar-refractivity contribution in [3.8, 4) is 0 Å². The Morgan fingerprint density at radius 3 is 2.57 bits per heavy atom. The molecule has 3 unspecified atom stereocenters. The number of halogens is 1. The minimum absolute atomic E-state index is 0.0370. The quantitative estimate of drug-likeness (QED) is 0.290. The maximum Gasteiger partial charge on any atom is 0.320 e. The molecule has 7 heteroatoms. The molecule has 0 bridgehead atoms. The first kappa shape index (κ1) is 13.2. The lowest BCUT2D eigenvalue weighted by Crippen LogP contribution is -3.17. The van der Waals surface area contributed by atoms with Crippen LogP contribution in [-0.4, -0.2) is 29.8 Å². The second-order valence-electron chi connectivity index (χ2n) is 3.11. The first-order valence-corrected chi connectivity index (χ1v) is 4.32. The van der Waals surface area contributed by atoms with Gasteiger partial charge in [-0.15, -0.1) is 0 Å². The number of aliphatic carboxylic acids is 1. The number of quaternary nitrogens is 1. The third-order valence-corrected chi connectivity index (χ3v) is 1.94. The van der Waals surface area contributed by atoms with E-state index in [2.05, 4.69) is 0 Å². The van der Waals surface area contributed by atoms with Gasteiger partial charge < -0.3 is 16.0 Å². The van der Waals surface area contributed by atoms with Gasteiger partial charge in [-0.05, 0) is 6.42 Å². The zero-order valence-electron chi connectivity index (χ0n) is 7.78. The van der Waals surface area contributed by atoms with Gasteiger partial charge in [0.15, 0.2) is 0 Å². The molecular formula is C7H16FN3O3. The molecule has 0 fully saturated rings. The van der Waals surface area contributed by atoms with Crippen LogP contribution in [0.2, 0.25) is 0 Å². The molecule has 0 spiro atoms. The van der Waals surface area contributed by atoms with Gasteiger partial charge in [0.05, 0.1) is 6.67 Å². The number of hydroxylamine groups is 1. The predicted molar refractivity (Wildman–Crippen MR) is 47.7 cm³/mol. The zero-order chi connectivity index (χ0) is 11.1. The summed E-state index contributed by atoms with van der Waals surface area (Å²) in [5.41, 5.74) is 5.23. The summed E-state index contributed by atoms with van der Waals surface area (Å²) in [4.78, 5) is 10.4. The van der Waals surface area contributed by atoms with Crippen molar-refractivity contribution >= 4 is 5.97 Å². The highest BCUT2D eigenvalue weighted by Crippen LogP contribution is 2.01. The van der Waals surface area contributed by atoms with Gasteiger partial charge in [0, 0.05) is 12.8 Å². The van der Waals surface area contributed by atoms with E-state index in [1.165, 1.54) is 0 Å². The summed E-state index contributed by atoms with van der Waals surface area (Å²) >= 11 is 0. The molecule has 0 aliphatic carbocycles. The van der Waals surface area contributed by atoms with Crippen molar-refractivity contribution in [3.63, 3.8) is 0 Å². The van der Waals surface area contributed by atoms with Crippen molar-refractivity contribution in [2.75, 3.05) is 6.67 Å². The normalized spacial score (nSPS) is 17.4. The second kappa shape index (κ2) is 6.66. The van der Waals surface area contributed by atoms with Crippen LogP contribution in [-0.2, 0) is 4.79 Å². The topological polar surface area (TPSA) is 117 Å². The molecule has 3 atom stereocenters. The summed E-state index contributed by atoms with van der Waals surface area (Å²) in [6.07, 6.45) is 0.400. The highest BCUT2D eigenvalue weighted by Gasteiger charge is 2.21. The van der Waals surface area contributed by atoms with Gasteiger partial charge in [-0.2, -0.15) is 5.84 Å². The molecule has 0 aliphatic heterocycles. The molecule has 0 radical (unpaired) electrons. The van der Waals surface area contributed by atoms with Gasteiger partial charge in [0.1, 0.15) is 12.1 Å². The lowest BCUT2D eigenvalue weighted by Gasteiger charge is -2.27. The molecular weight excluding hydrogens is 193 g/mol. The Kier molecular flexibility index (Phi) is 6.30. The average molecular weight is 209 g/mol. The summed E-state index contributed by atoms with van der Waals surface area (Å²) in [6.45, 7) is -0.550. The van der Waals surface area contributed by atoms with Crippen LogP contribution in [0.4, 0.5) is 4.39 Å². The molecule has 0 heterocycles. The molecule has 0 amide bonds. The lowest BCUT2D eigenvalue weighted by molar-refractivity contribution is -0.889. The van der Waals surface area contributed by atoms with E-state index >= 15 is 0 Å². The summed E-state index contributed by atoms with van der Waals surface area (Å²) in [5.74, 6) is 3.83. The molecule has 6 N–H and O–H groups in total. The first-order valence-electron chi connectivity index (χ1n) is 4.32. The Bertz CT molecular complexity index is 180. The van der Waals surface area contributed by atoms with Crippen LogP contribution in [0.3, 0.4) is 0 Å². The van der Waals surface area contributed by atoms with Crippen LogP contribution in [0.5, 0.6) is 0 Å². The highest BCUT2D eigenvalue weighted by atomic mass is 19.1. The minimum atomic E-state index is -1.18. The van der Waals surface area contributed by atoms with E-state index in [-0.39, 0.29) is 19.3 Å². The molecule has 6 nitrogen and oxygen atoms in total. The molecule has 0 aliphatic rings. The number of nitrogens with one attached hydrogen (secondary N) is 1. The number of carbonyl (C=O) groups is 1. The minimum Gasteiger partial charge on any atom is -0.613 e. The van der Waals surface area contributed by atoms with Crippen molar-refractivity contribution in [1.29, 1.82) is 0 Å². The third kappa shape index (κ3) is 5.07. The Morgan fingerprint density at radius 2 is 2.21 bits per heavy atom. The largest absolute Gasteiger partial charge is 0.613 e. The van der Waals surface area contributed by atoms with E-state index in [1.807, 2.05) is 0 Å². The highest BCUT2D eigenvalue weighted by molar-refractivity contribution is 5.73. The van der Waals surface area contributed by atoms with Crippen molar-refractivity contribution in [1.82, 2.24) is 0 Å². The number of carboxylic acid groups (broad SMARTS) is 1. The number of hydrogen-bond acceptors (Lipinski definition) is 4. The van der Waals surface area contributed by atoms with Gasteiger partial charge >= 0.3 is 5.97 Å². The molecule has 0 aromatic heterocycles. The second-order valence-corrected chi connectivity index (χ2v) is 3.11. The molecule has 0 aromatic rings. The summed E-state index contributed by atoms with van der Waals surface area (Å²) in [5, 5.41) is 18.7. The Hall–Kier alpha value is -0.760. The van der Waals surface area contributed by atoms with Crippen LogP contribution in [0.1, 0.15) is 19.3 Å². The maximum absolute atomic E-state index is 11.8. The van der Waals surface area contributed by atoms with Crippen molar-refractivity contribution in [2.45, 2.75) is 31.3 Å². The van der Waals surface area contributed by atoms with Crippen molar-refractivity contribution in [2.24, 2.45) is 11.6 Å². The number of carboxylic acids is 1. The molecule has 0 saturated heterocycles. The predicted octanol–water partition coefficient (Wildman–Crippen LogP) is -1.84. The van der Waals surface area contributed by atoms with Crippen molar-refractivity contribution in [3.05, 3.63) is 5.21 Å². The Morgan fingerprint density at radius 1 is 1.64 bits per heavy atom. The summed E-state index contributed by atoms with van der Waals surface area (Å²) in [6, 6.07) is -1.77. The fourth-order valence-corrected chi connectivity index (χ4v) is 1.11. The van der Waals surface area contributed by atoms with Crippen LogP contribution < -0.4 is 16.7 Å². The summed E-state index contributed by atoms with van der Waals surface area (Å²) in [7, 11) is 0. The van der Waals surface area contributed by atoms with Gasteiger partial charge in [-0.25, -0.2) is 0 Å². The van der Waals surface area contributed by atoms with E-state index in [0.717, 1.165) is 0 Å². The lowest BCUT2D eigenvalue weighted by atomic mass is 10.0. The SMILES string of the molecule is NC(CC(CCCF)[NH+](N)[O-])C(=O)O. The zero-order valence-corrected chi connectivity index (χ0v) is 7.78. The van der Waals surface area contributed by atoms with Crippen LogP contribution in [0.15, 0.2) is 0 Å². The number of alkyl halides is 1. The van der Waals surface area contributed by atoms with E-state index < -0.39 is 29.9 Å². The smallest absolute Gasteiger partial charge is 0.320 e. The number of rotatable bonds is 7. The van der Waals surface area contributed by atoms with E-state index in [1.54, 1.807) is 0 Å². The third-order valence-electron chi connectivity index (χ3n) is 1.94. The molecule has 14 heavy (non-hydrogen) atoms. The average Bonchev–Trinajstić information content (AvgIpc) is 2.10. The van der Waals surface area contributed by atoms with Gasteiger partial charge in [-0.1, -0.05) is 0 Å². The van der Waals surface area contributed by atoms with Crippen LogP contribution in [0.25, 0.3) is 0 Å². The van der Waals surface area contributed by atoms with Gasteiger partial charge in [-0.3, -0.25) is 14.4 Å². The Balaban J connectivity index is 4.02. The van der Waals surface area contributed by atoms with Gasteiger partial charge in [0.2, 0.25) is 0 Å². The van der Waals surface area contributed by atoms with E-state index in [4.69, 9.17) is 16.7 Å². The molecule has 0 rings (SSSR count). The molecule has 0 aromatic carbocycles. The standard InChI is InChI=1S/C7H16FN3O3/c8-3-1-2-5(11(10)14)4-6(9)7(12)13/h5-6,11H,1-4,9-10H2,(H,12,13). The van der Waals surface area contributed by atoms with Gasteiger partial charge in [0.25, 0.3) is 0 Å². The molecule has 84 valence electrons. The van der Waals surface area contributed by atoms with Crippen molar-refractivity contribution < 1.29 is 19.5 Å². The van der Waals surface area contributed by atoms with Crippen LogP contribution >= 0.6 is 0 Å².